The standard InChI is InChI=1S/C22H46O3S/c1-21(2,15-11-17-23)13-7-5-9-19-26(25)20-10-6-8-14-22(3,4)16-12-18-24/h23-24H,5-20H2,1-4H3. The van der Waals surface area contributed by atoms with Gasteiger partial charge in [-0.1, -0.05) is 51.7 Å². The Hall–Kier alpha value is 0.230. The van der Waals surface area contributed by atoms with Crippen molar-refractivity contribution < 1.29 is 14.8 Å². The summed E-state index contributed by atoms with van der Waals surface area (Å²) < 4.78 is 12.1. The molecule has 0 aromatic carbocycles. The van der Waals surface area contributed by atoms with E-state index in [0.717, 1.165) is 50.0 Å². The smallest absolute Gasteiger partial charge is 0.105 e. The van der Waals surface area contributed by atoms with E-state index < -0.39 is 11.2 Å². The lowest BCUT2D eigenvalue weighted by atomic mass is 9.83. The molecule has 0 aliphatic carbocycles. The minimum absolute atomic E-state index is 0.294. The molecule has 0 aromatic rings. The summed E-state index contributed by atoms with van der Waals surface area (Å²) in [7, 11) is 0. The average Bonchev–Trinajstić information content (AvgIpc) is 2.57. The summed E-state index contributed by atoms with van der Waals surface area (Å²) in [5.74, 6) is 1.72. The van der Waals surface area contributed by atoms with E-state index >= 15 is 0 Å². The van der Waals surface area contributed by atoms with Gasteiger partial charge in [0, 0.05) is 13.2 Å². The molecule has 0 spiro atoms. The number of hydrogen-bond donors (Lipinski definition) is 2. The molecule has 0 amide bonds. The topological polar surface area (TPSA) is 63.5 Å². The molecular formula is C22H46O3S. The molecule has 0 saturated heterocycles. The van der Waals surface area contributed by atoms with Crippen LogP contribution in [0.25, 0.3) is 0 Å². The maximum atomic E-state index is 12.1. The fourth-order valence-corrected chi connectivity index (χ4v) is 4.81. The van der Waals surface area contributed by atoms with Gasteiger partial charge in [-0.2, -0.15) is 0 Å². The van der Waals surface area contributed by atoms with Crippen LogP contribution in [0.5, 0.6) is 0 Å². The normalized spacial score (nSPS) is 12.9. The first-order chi connectivity index (χ1) is 12.2. The zero-order valence-corrected chi connectivity index (χ0v) is 18.8. The maximum Gasteiger partial charge on any atom is 0.105 e. The Balaban J connectivity index is 3.56. The average molecular weight is 391 g/mol. The number of aliphatic hydroxyl groups excluding tert-OH is 2. The van der Waals surface area contributed by atoms with Crippen LogP contribution in [0, 0.1) is 10.8 Å². The second kappa shape index (κ2) is 15.2. The molecular weight excluding hydrogens is 344 g/mol. The molecule has 0 fully saturated rings. The van der Waals surface area contributed by atoms with E-state index in [4.69, 9.17) is 10.2 Å². The Bertz CT molecular complexity index is 289. The van der Waals surface area contributed by atoms with Crippen LogP contribution in [0.1, 0.15) is 105 Å². The van der Waals surface area contributed by atoms with Crippen LogP contribution < -0.4 is 0 Å². The summed E-state index contributed by atoms with van der Waals surface area (Å²) in [6, 6.07) is 0. The first kappa shape index (κ1) is 26.2. The predicted molar refractivity (Wildman–Crippen MR) is 115 cm³/mol. The van der Waals surface area contributed by atoms with Gasteiger partial charge in [0.1, 0.15) is 11.5 Å². The fraction of sp³-hybridized carbons (Fsp3) is 1.00. The van der Waals surface area contributed by atoms with E-state index in [-0.39, 0.29) is 0 Å². The lowest BCUT2D eigenvalue weighted by molar-refractivity contribution is 0.228. The molecule has 4 heteroatoms. The number of unbranched alkanes of at least 4 members (excludes halogenated alkanes) is 4. The van der Waals surface area contributed by atoms with Gasteiger partial charge in [-0.15, -0.1) is 0 Å². The second-order valence-corrected chi connectivity index (χ2v) is 11.1. The summed E-state index contributed by atoms with van der Waals surface area (Å²) in [5, 5.41) is 17.9. The number of rotatable bonds is 18. The molecule has 0 heterocycles. The van der Waals surface area contributed by atoms with E-state index in [9.17, 15) is 4.55 Å². The van der Waals surface area contributed by atoms with E-state index in [1.165, 1.54) is 38.5 Å². The van der Waals surface area contributed by atoms with Crippen molar-refractivity contribution in [2.24, 2.45) is 10.8 Å². The van der Waals surface area contributed by atoms with Crippen molar-refractivity contribution in [1.82, 2.24) is 0 Å². The summed E-state index contributed by atoms with van der Waals surface area (Å²) in [6.07, 6.45) is 13.3. The summed E-state index contributed by atoms with van der Waals surface area (Å²) in [6.45, 7) is 9.72. The van der Waals surface area contributed by atoms with Gasteiger partial charge in [0.25, 0.3) is 0 Å². The van der Waals surface area contributed by atoms with Crippen molar-refractivity contribution in [2.45, 2.75) is 105 Å². The van der Waals surface area contributed by atoms with Crippen LogP contribution >= 0.6 is 0 Å². The van der Waals surface area contributed by atoms with E-state index in [2.05, 4.69) is 27.7 Å². The maximum absolute atomic E-state index is 12.1. The van der Waals surface area contributed by atoms with Gasteiger partial charge in [0.05, 0.1) is 0 Å². The Morgan fingerprint density at radius 3 is 1.27 bits per heavy atom. The van der Waals surface area contributed by atoms with Gasteiger partial charge in [-0.25, -0.2) is 0 Å². The first-order valence-corrected chi connectivity index (χ1v) is 12.3. The third kappa shape index (κ3) is 16.4. The second-order valence-electron chi connectivity index (χ2n) is 9.45. The third-order valence-electron chi connectivity index (χ3n) is 5.47. The highest BCUT2D eigenvalue weighted by molar-refractivity contribution is 7.91. The van der Waals surface area contributed by atoms with Gasteiger partial charge >= 0.3 is 0 Å². The molecule has 2 N–H and O–H groups in total. The third-order valence-corrected chi connectivity index (χ3v) is 6.96. The molecule has 0 aliphatic rings. The molecule has 0 bridgehead atoms. The lowest BCUT2D eigenvalue weighted by Crippen LogP contribution is -2.14. The minimum atomic E-state index is -0.645. The monoisotopic (exact) mass is 390 g/mol. The number of aliphatic hydroxyl groups is 2. The predicted octanol–water partition coefficient (Wildman–Crippen LogP) is 5.45. The zero-order valence-electron chi connectivity index (χ0n) is 18.0. The van der Waals surface area contributed by atoms with Crippen LogP contribution in [-0.2, 0) is 11.2 Å². The number of hydrogen-bond acceptors (Lipinski definition) is 3. The molecule has 158 valence electrons. The van der Waals surface area contributed by atoms with Crippen LogP contribution in [0.15, 0.2) is 0 Å². The van der Waals surface area contributed by atoms with Gasteiger partial charge in [-0.05, 0) is 75.0 Å². The van der Waals surface area contributed by atoms with E-state index in [1.54, 1.807) is 0 Å². The van der Waals surface area contributed by atoms with Crippen molar-refractivity contribution in [3.63, 3.8) is 0 Å². The molecule has 0 unspecified atom stereocenters. The molecule has 0 aromatic heterocycles. The summed E-state index contributed by atoms with van der Waals surface area (Å²) in [4.78, 5) is 0. The lowest BCUT2D eigenvalue weighted by Gasteiger charge is -2.24. The van der Waals surface area contributed by atoms with Crippen molar-refractivity contribution in [3.8, 4) is 0 Å². The summed E-state index contributed by atoms with van der Waals surface area (Å²) in [5.41, 5.74) is 0.652. The molecule has 0 aliphatic heterocycles. The largest absolute Gasteiger partial charge is 0.616 e. The van der Waals surface area contributed by atoms with Crippen LogP contribution in [0.3, 0.4) is 0 Å². The molecule has 0 atom stereocenters. The highest BCUT2D eigenvalue weighted by Crippen LogP contribution is 2.30. The van der Waals surface area contributed by atoms with E-state index in [1.807, 2.05) is 0 Å². The Morgan fingerprint density at radius 1 is 0.577 bits per heavy atom. The Kier molecular flexibility index (Phi) is 15.3. The molecule has 26 heavy (non-hydrogen) atoms. The quantitative estimate of drug-likeness (QED) is 0.241. The van der Waals surface area contributed by atoms with Gasteiger partial charge < -0.3 is 14.8 Å². The SMILES string of the molecule is CC(C)(CCCO)CCCCC[S+]([O-])CCCCCC(C)(C)CCCO. The Morgan fingerprint density at radius 2 is 0.923 bits per heavy atom. The first-order valence-electron chi connectivity index (χ1n) is 10.8. The van der Waals surface area contributed by atoms with Crippen LogP contribution in [0.4, 0.5) is 0 Å². The van der Waals surface area contributed by atoms with Crippen LogP contribution in [0.2, 0.25) is 0 Å². The Labute approximate surface area is 166 Å². The van der Waals surface area contributed by atoms with Crippen molar-refractivity contribution in [1.29, 1.82) is 0 Å². The molecule has 3 nitrogen and oxygen atoms in total. The summed E-state index contributed by atoms with van der Waals surface area (Å²) >= 11 is -0.645. The van der Waals surface area contributed by atoms with Crippen molar-refractivity contribution in [3.05, 3.63) is 0 Å². The van der Waals surface area contributed by atoms with Gasteiger partial charge in [-0.3, -0.25) is 0 Å². The highest BCUT2D eigenvalue weighted by Gasteiger charge is 2.17. The molecule has 0 radical (unpaired) electrons. The van der Waals surface area contributed by atoms with Crippen molar-refractivity contribution in [2.75, 3.05) is 24.7 Å². The molecule has 0 rings (SSSR count). The fourth-order valence-electron chi connectivity index (χ4n) is 3.55. The van der Waals surface area contributed by atoms with Crippen molar-refractivity contribution >= 4 is 11.2 Å². The zero-order chi connectivity index (χ0) is 19.9. The van der Waals surface area contributed by atoms with E-state index in [0.29, 0.717) is 24.0 Å². The molecule has 0 saturated carbocycles. The van der Waals surface area contributed by atoms with Crippen LogP contribution in [-0.4, -0.2) is 39.5 Å². The highest BCUT2D eigenvalue weighted by atomic mass is 32.2. The van der Waals surface area contributed by atoms with Gasteiger partial charge in [0.15, 0.2) is 0 Å². The minimum Gasteiger partial charge on any atom is -0.616 e. The van der Waals surface area contributed by atoms with Gasteiger partial charge in [0.2, 0.25) is 0 Å².